The fourth-order valence-electron chi connectivity index (χ4n) is 2.64. The van der Waals surface area contributed by atoms with E-state index in [1.807, 2.05) is 32.9 Å². The minimum absolute atomic E-state index is 0.0289. The Morgan fingerprint density at radius 3 is 2.52 bits per heavy atom. The number of aryl methyl sites for hydroxylation is 3. The summed E-state index contributed by atoms with van der Waals surface area (Å²) in [6.07, 6.45) is 0.613. The zero-order valence-corrected chi connectivity index (χ0v) is 13.2. The van der Waals surface area contributed by atoms with E-state index in [0.717, 1.165) is 22.6 Å². The summed E-state index contributed by atoms with van der Waals surface area (Å²) in [5.74, 6) is 0.726. The molecule has 1 heterocycles. The molecule has 0 aliphatic rings. The summed E-state index contributed by atoms with van der Waals surface area (Å²) in [6, 6.07) is 8.09. The van der Waals surface area contributed by atoms with Crippen LogP contribution in [-0.4, -0.2) is 16.1 Å². The molecule has 0 radical (unpaired) electrons. The largest absolute Gasteiger partial charge is 0.328 e. The summed E-state index contributed by atoms with van der Waals surface area (Å²) in [7, 11) is 0. The number of rotatable bonds is 4. The van der Waals surface area contributed by atoms with Gasteiger partial charge in [-0.25, -0.2) is 4.98 Å². The zero-order chi connectivity index (χ0) is 15.6. The summed E-state index contributed by atoms with van der Waals surface area (Å²) in [4.78, 5) is 17.3. The minimum atomic E-state index is -0.0405. The van der Waals surface area contributed by atoms with E-state index >= 15 is 0 Å². The number of hydrogen-bond acceptors (Lipinski definition) is 3. The Labute approximate surface area is 125 Å². The summed E-state index contributed by atoms with van der Waals surface area (Å²) in [5, 5.41) is 0. The average molecular weight is 285 g/mol. The molecule has 1 aromatic heterocycles. The maximum atomic E-state index is 12.8. The first kappa shape index (κ1) is 15.4. The normalized spacial score (nSPS) is 12.4. The lowest BCUT2D eigenvalue weighted by Gasteiger charge is -2.18. The highest BCUT2D eigenvalue weighted by atomic mass is 16.1. The molecule has 4 nitrogen and oxygen atoms in total. The van der Waals surface area contributed by atoms with Gasteiger partial charge in [-0.3, -0.25) is 9.36 Å². The second kappa shape index (κ2) is 6.22. The third-order valence-corrected chi connectivity index (χ3v) is 4.00. The lowest BCUT2D eigenvalue weighted by Crippen LogP contribution is -2.33. The second-order valence-electron chi connectivity index (χ2n) is 5.59. The van der Waals surface area contributed by atoms with Crippen molar-refractivity contribution in [1.82, 2.24) is 9.55 Å². The summed E-state index contributed by atoms with van der Waals surface area (Å²) in [6.45, 7) is 8.20. The third-order valence-electron chi connectivity index (χ3n) is 4.00. The van der Waals surface area contributed by atoms with E-state index in [2.05, 4.69) is 24.0 Å². The Kier molecular flexibility index (Phi) is 4.58. The van der Waals surface area contributed by atoms with Crippen molar-refractivity contribution in [3.8, 4) is 0 Å². The minimum Gasteiger partial charge on any atom is -0.328 e. The van der Waals surface area contributed by atoms with Gasteiger partial charge in [0.25, 0.3) is 5.56 Å². The monoisotopic (exact) mass is 285 g/mol. The molecule has 0 spiro atoms. The Balaban J connectivity index is 2.54. The van der Waals surface area contributed by atoms with Crippen molar-refractivity contribution >= 4 is 0 Å². The van der Waals surface area contributed by atoms with Gasteiger partial charge in [-0.15, -0.1) is 0 Å². The first-order valence-electron chi connectivity index (χ1n) is 7.29. The summed E-state index contributed by atoms with van der Waals surface area (Å²) in [5.41, 5.74) is 9.67. The molecule has 1 aromatic carbocycles. The van der Waals surface area contributed by atoms with Gasteiger partial charge in [-0.2, -0.15) is 0 Å². The molecule has 21 heavy (non-hydrogen) atoms. The van der Waals surface area contributed by atoms with Gasteiger partial charge in [-0.05, 0) is 38.8 Å². The van der Waals surface area contributed by atoms with Crippen LogP contribution >= 0.6 is 0 Å². The highest BCUT2D eigenvalue weighted by molar-refractivity contribution is 5.32. The number of benzene rings is 1. The Bertz CT molecular complexity index is 704. The van der Waals surface area contributed by atoms with E-state index in [1.165, 1.54) is 5.56 Å². The SMILES string of the molecule is Cc1ccccc1Cc1c(C)nc(C)n(C(C)CN)c1=O. The van der Waals surface area contributed by atoms with Crippen LogP contribution in [0.25, 0.3) is 0 Å². The van der Waals surface area contributed by atoms with Crippen LogP contribution in [0.3, 0.4) is 0 Å². The lowest BCUT2D eigenvalue weighted by molar-refractivity contribution is 0.510. The van der Waals surface area contributed by atoms with Crippen LogP contribution < -0.4 is 11.3 Å². The van der Waals surface area contributed by atoms with E-state index in [9.17, 15) is 4.79 Å². The van der Waals surface area contributed by atoms with Crippen LogP contribution in [0.1, 0.15) is 41.2 Å². The van der Waals surface area contributed by atoms with Gasteiger partial charge in [0.05, 0.1) is 0 Å². The number of hydrogen-bond donors (Lipinski definition) is 1. The van der Waals surface area contributed by atoms with Crippen LogP contribution in [0, 0.1) is 20.8 Å². The van der Waals surface area contributed by atoms with Crippen molar-refractivity contribution in [2.24, 2.45) is 5.73 Å². The first-order chi connectivity index (χ1) is 9.95. The third kappa shape index (κ3) is 3.05. The van der Waals surface area contributed by atoms with Crippen molar-refractivity contribution in [3.63, 3.8) is 0 Å². The summed E-state index contributed by atoms with van der Waals surface area (Å²) >= 11 is 0. The Morgan fingerprint density at radius 1 is 1.24 bits per heavy atom. The predicted molar refractivity (Wildman–Crippen MR) is 85.7 cm³/mol. The fraction of sp³-hybridized carbons (Fsp3) is 0.412. The van der Waals surface area contributed by atoms with Gasteiger partial charge in [0.1, 0.15) is 5.82 Å². The number of nitrogens with zero attached hydrogens (tertiary/aromatic N) is 2. The van der Waals surface area contributed by atoms with E-state index < -0.39 is 0 Å². The quantitative estimate of drug-likeness (QED) is 0.937. The number of nitrogens with two attached hydrogens (primary N) is 1. The summed E-state index contributed by atoms with van der Waals surface area (Å²) < 4.78 is 1.71. The van der Waals surface area contributed by atoms with E-state index in [1.54, 1.807) is 4.57 Å². The molecule has 0 fully saturated rings. The Hall–Kier alpha value is -1.94. The van der Waals surface area contributed by atoms with Gasteiger partial charge < -0.3 is 5.73 Å². The highest BCUT2D eigenvalue weighted by Gasteiger charge is 2.16. The van der Waals surface area contributed by atoms with Crippen LogP contribution in [-0.2, 0) is 6.42 Å². The smallest absolute Gasteiger partial charge is 0.257 e. The molecule has 0 aliphatic carbocycles. The van der Waals surface area contributed by atoms with Gasteiger partial charge in [0.15, 0.2) is 0 Å². The molecule has 1 unspecified atom stereocenters. The number of aromatic nitrogens is 2. The van der Waals surface area contributed by atoms with Gasteiger partial charge in [0, 0.05) is 30.3 Å². The molecular formula is C17H23N3O. The molecule has 0 saturated carbocycles. The Morgan fingerprint density at radius 2 is 1.90 bits per heavy atom. The molecule has 1 atom stereocenters. The maximum absolute atomic E-state index is 12.8. The lowest BCUT2D eigenvalue weighted by atomic mass is 10.0. The second-order valence-corrected chi connectivity index (χ2v) is 5.59. The van der Waals surface area contributed by atoms with Crippen LogP contribution in [0.2, 0.25) is 0 Å². The van der Waals surface area contributed by atoms with Gasteiger partial charge in [-0.1, -0.05) is 24.3 Å². The molecule has 2 aromatic rings. The zero-order valence-electron chi connectivity index (χ0n) is 13.2. The van der Waals surface area contributed by atoms with Crippen LogP contribution in [0.4, 0.5) is 0 Å². The molecule has 0 aliphatic heterocycles. The molecular weight excluding hydrogens is 262 g/mol. The van der Waals surface area contributed by atoms with Crippen molar-refractivity contribution < 1.29 is 0 Å². The topological polar surface area (TPSA) is 60.9 Å². The molecule has 0 saturated heterocycles. The molecule has 2 rings (SSSR count). The molecule has 0 bridgehead atoms. The van der Waals surface area contributed by atoms with Gasteiger partial charge in [0.2, 0.25) is 0 Å². The fourth-order valence-corrected chi connectivity index (χ4v) is 2.64. The molecule has 0 amide bonds. The standard InChI is InChI=1S/C17H23N3O/c1-11-7-5-6-8-15(11)9-16-13(3)19-14(4)20(17(16)21)12(2)10-18/h5-8,12H,9-10,18H2,1-4H3. The molecule has 2 N–H and O–H groups in total. The van der Waals surface area contributed by atoms with E-state index in [4.69, 9.17) is 5.73 Å². The first-order valence-corrected chi connectivity index (χ1v) is 7.29. The predicted octanol–water partition coefficient (Wildman–Crippen LogP) is 2.28. The highest BCUT2D eigenvalue weighted by Crippen LogP contribution is 2.14. The van der Waals surface area contributed by atoms with Crippen LogP contribution in [0.5, 0.6) is 0 Å². The van der Waals surface area contributed by atoms with Gasteiger partial charge >= 0.3 is 0 Å². The van der Waals surface area contributed by atoms with E-state index in [-0.39, 0.29) is 11.6 Å². The average Bonchev–Trinajstić information content (AvgIpc) is 2.44. The van der Waals surface area contributed by atoms with Crippen molar-refractivity contribution in [2.45, 2.75) is 40.2 Å². The molecule has 4 heteroatoms. The maximum Gasteiger partial charge on any atom is 0.257 e. The van der Waals surface area contributed by atoms with Crippen molar-refractivity contribution in [3.05, 3.63) is 62.8 Å². The van der Waals surface area contributed by atoms with Crippen LogP contribution in [0.15, 0.2) is 29.1 Å². The van der Waals surface area contributed by atoms with Crippen molar-refractivity contribution in [1.29, 1.82) is 0 Å². The molecule has 112 valence electrons. The van der Waals surface area contributed by atoms with Crippen molar-refractivity contribution in [2.75, 3.05) is 6.54 Å². The van der Waals surface area contributed by atoms with E-state index in [0.29, 0.717) is 13.0 Å².